The average molecular weight is 459 g/mol. The van der Waals surface area contributed by atoms with Gasteiger partial charge in [-0.3, -0.25) is 4.79 Å². The zero-order chi connectivity index (χ0) is 21.4. The lowest BCUT2D eigenvalue weighted by molar-refractivity contribution is -0.120. The van der Waals surface area contributed by atoms with E-state index in [4.69, 9.17) is 4.74 Å². The van der Waals surface area contributed by atoms with Crippen molar-refractivity contribution in [1.82, 2.24) is 5.32 Å². The zero-order valence-corrected chi connectivity index (χ0v) is 19.4. The van der Waals surface area contributed by atoms with E-state index >= 15 is 0 Å². The van der Waals surface area contributed by atoms with Gasteiger partial charge in [0.25, 0.3) is 0 Å². The van der Waals surface area contributed by atoms with E-state index in [1.165, 1.54) is 0 Å². The van der Waals surface area contributed by atoms with Gasteiger partial charge in [0.2, 0.25) is 5.91 Å². The summed E-state index contributed by atoms with van der Waals surface area (Å²) in [5, 5.41) is 13.0. The predicted molar refractivity (Wildman–Crippen MR) is 120 cm³/mol. The molecule has 0 radical (unpaired) electrons. The zero-order valence-electron chi connectivity index (χ0n) is 17.8. The molecule has 4 nitrogen and oxygen atoms in total. The lowest BCUT2D eigenvalue weighted by Gasteiger charge is -2.32. The van der Waals surface area contributed by atoms with Crippen LogP contribution in [-0.2, 0) is 4.79 Å². The van der Waals surface area contributed by atoms with Crippen LogP contribution in [0.3, 0.4) is 0 Å². The number of hydrogen-bond acceptors (Lipinski definition) is 3. The summed E-state index contributed by atoms with van der Waals surface area (Å²) >= 11 is 3.41. The molecule has 0 bridgehead atoms. The van der Waals surface area contributed by atoms with Gasteiger partial charge in [-0.25, -0.2) is 0 Å². The highest BCUT2D eigenvalue weighted by Crippen LogP contribution is 2.38. The second-order valence-corrected chi connectivity index (χ2v) is 9.06. The molecular weight excluding hydrogens is 428 g/mol. The van der Waals surface area contributed by atoms with Gasteiger partial charge in [0.1, 0.15) is 5.75 Å². The summed E-state index contributed by atoms with van der Waals surface area (Å²) in [6, 6.07) is 10.1. The highest BCUT2D eigenvalue weighted by molar-refractivity contribution is 9.10. The van der Waals surface area contributed by atoms with Crippen LogP contribution in [0.2, 0.25) is 0 Å². The SMILES string of the molecule is CCCC(=O)NC1=CC(C(C)(C#N)CCOc2ccc(Br)cc2)=CCC1C(C)C. The third-order valence-corrected chi connectivity index (χ3v) is 5.96. The van der Waals surface area contributed by atoms with E-state index in [1.54, 1.807) is 0 Å². The molecule has 29 heavy (non-hydrogen) atoms. The molecule has 0 saturated carbocycles. The minimum absolute atomic E-state index is 0.0443. The highest BCUT2D eigenvalue weighted by Gasteiger charge is 2.32. The third kappa shape index (κ3) is 6.47. The van der Waals surface area contributed by atoms with Crippen LogP contribution in [0.4, 0.5) is 0 Å². The number of carbonyl (C=O) groups is 1. The van der Waals surface area contributed by atoms with Crippen LogP contribution in [0.15, 0.2) is 52.2 Å². The highest BCUT2D eigenvalue weighted by atomic mass is 79.9. The molecule has 0 fully saturated rings. The summed E-state index contributed by atoms with van der Waals surface area (Å²) in [4.78, 5) is 12.2. The molecule has 2 unspecified atom stereocenters. The summed E-state index contributed by atoms with van der Waals surface area (Å²) in [6.07, 6.45) is 6.91. The van der Waals surface area contributed by atoms with Crippen LogP contribution < -0.4 is 10.1 Å². The van der Waals surface area contributed by atoms with Crippen molar-refractivity contribution in [1.29, 1.82) is 5.26 Å². The molecule has 0 aliphatic heterocycles. The molecule has 156 valence electrons. The van der Waals surface area contributed by atoms with Crippen LogP contribution in [0.5, 0.6) is 5.75 Å². The monoisotopic (exact) mass is 458 g/mol. The number of nitriles is 1. The fourth-order valence-electron chi connectivity index (χ4n) is 3.48. The molecular formula is C24H31BrN2O2. The molecule has 1 aromatic carbocycles. The fourth-order valence-corrected chi connectivity index (χ4v) is 3.74. The van der Waals surface area contributed by atoms with Gasteiger partial charge in [-0.2, -0.15) is 5.26 Å². The first-order valence-electron chi connectivity index (χ1n) is 10.3. The van der Waals surface area contributed by atoms with Crippen molar-refractivity contribution >= 4 is 21.8 Å². The van der Waals surface area contributed by atoms with Crippen molar-refractivity contribution in [2.75, 3.05) is 6.61 Å². The standard InChI is InChI=1S/C24H31BrN2O2/c1-5-6-23(28)27-22-15-18(7-12-21(22)17(2)3)24(4,16-26)13-14-29-20-10-8-19(25)9-11-20/h7-11,15,17,21H,5-6,12-14H2,1-4H3,(H,27,28). The van der Waals surface area contributed by atoms with Crippen LogP contribution in [0.25, 0.3) is 0 Å². The van der Waals surface area contributed by atoms with Gasteiger partial charge in [-0.15, -0.1) is 0 Å². The van der Waals surface area contributed by atoms with Crippen LogP contribution in [0.1, 0.15) is 53.4 Å². The van der Waals surface area contributed by atoms with Gasteiger partial charge in [-0.1, -0.05) is 42.8 Å². The Bertz CT molecular complexity index is 805. The Hall–Kier alpha value is -2.06. The van der Waals surface area contributed by atoms with E-state index in [0.717, 1.165) is 34.3 Å². The molecule has 0 saturated heterocycles. The number of hydrogen-bond donors (Lipinski definition) is 1. The fraction of sp³-hybridized carbons (Fsp3) is 0.500. The molecule has 2 rings (SSSR count). The molecule has 1 aliphatic carbocycles. The average Bonchev–Trinajstić information content (AvgIpc) is 2.69. The second-order valence-electron chi connectivity index (χ2n) is 8.14. The van der Waals surface area contributed by atoms with Gasteiger partial charge in [0.15, 0.2) is 0 Å². The van der Waals surface area contributed by atoms with E-state index in [1.807, 2.05) is 44.2 Å². The number of benzene rings is 1. The van der Waals surface area contributed by atoms with Gasteiger partial charge < -0.3 is 10.1 Å². The van der Waals surface area contributed by atoms with E-state index in [-0.39, 0.29) is 11.8 Å². The predicted octanol–water partition coefficient (Wildman–Crippen LogP) is 6.15. The Labute approximate surface area is 183 Å². The van der Waals surface area contributed by atoms with Crippen molar-refractivity contribution < 1.29 is 9.53 Å². The van der Waals surface area contributed by atoms with Crippen molar-refractivity contribution in [3.8, 4) is 11.8 Å². The number of ether oxygens (including phenoxy) is 1. The molecule has 0 heterocycles. The molecule has 1 N–H and O–H groups in total. The Morgan fingerprint density at radius 3 is 2.66 bits per heavy atom. The van der Waals surface area contributed by atoms with Crippen molar-refractivity contribution in [2.45, 2.75) is 53.4 Å². The summed E-state index contributed by atoms with van der Waals surface area (Å²) < 4.78 is 6.84. The van der Waals surface area contributed by atoms with E-state index < -0.39 is 5.41 Å². The lowest BCUT2D eigenvalue weighted by Crippen LogP contribution is -2.32. The quantitative estimate of drug-likeness (QED) is 0.482. The largest absolute Gasteiger partial charge is 0.494 e. The smallest absolute Gasteiger partial charge is 0.224 e. The Morgan fingerprint density at radius 2 is 2.07 bits per heavy atom. The summed E-state index contributed by atoms with van der Waals surface area (Å²) in [7, 11) is 0. The summed E-state index contributed by atoms with van der Waals surface area (Å²) in [5.74, 6) is 1.51. The summed E-state index contributed by atoms with van der Waals surface area (Å²) in [5.41, 5.74) is 1.23. The van der Waals surface area contributed by atoms with Crippen LogP contribution in [-0.4, -0.2) is 12.5 Å². The Kier molecular flexibility index (Phi) is 8.52. The maximum Gasteiger partial charge on any atom is 0.224 e. The minimum Gasteiger partial charge on any atom is -0.494 e. The maximum atomic E-state index is 12.2. The van der Waals surface area contributed by atoms with E-state index in [9.17, 15) is 10.1 Å². The normalized spacial score (nSPS) is 18.3. The number of amides is 1. The van der Waals surface area contributed by atoms with Gasteiger partial charge in [-0.05, 0) is 61.6 Å². The maximum absolute atomic E-state index is 12.2. The topological polar surface area (TPSA) is 62.1 Å². The van der Waals surface area contributed by atoms with Gasteiger partial charge >= 0.3 is 0 Å². The molecule has 1 amide bonds. The molecule has 5 heteroatoms. The Balaban J connectivity index is 2.12. The first kappa shape index (κ1) is 23.2. The first-order chi connectivity index (χ1) is 13.8. The molecule has 0 aromatic heterocycles. The molecule has 1 aromatic rings. The van der Waals surface area contributed by atoms with E-state index in [0.29, 0.717) is 25.4 Å². The lowest BCUT2D eigenvalue weighted by atomic mass is 9.74. The van der Waals surface area contributed by atoms with Crippen LogP contribution in [0, 0.1) is 28.6 Å². The number of halogens is 1. The molecule has 1 aliphatic rings. The molecule has 2 atom stereocenters. The molecule has 0 spiro atoms. The number of nitrogens with one attached hydrogen (secondary N) is 1. The number of carbonyl (C=O) groups excluding carboxylic acids is 1. The van der Waals surface area contributed by atoms with Crippen molar-refractivity contribution in [2.24, 2.45) is 17.3 Å². The number of allylic oxidation sites excluding steroid dienone is 4. The third-order valence-electron chi connectivity index (χ3n) is 5.44. The van der Waals surface area contributed by atoms with Crippen molar-refractivity contribution in [3.05, 3.63) is 52.2 Å². The van der Waals surface area contributed by atoms with Gasteiger partial charge in [0, 0.05) is 28.9 Å². The minimum atomic E-state index is -0.669. The number of nitrogens with zero attached hydrogens (tertiary/aromatic N) is 1. The van der Waals surface area contributed by atoms with Gasteiger partial charge in [0.05, 0.1) is 18.1 Å². The second kappa shape index (κ2) is 10.6. The summed E-state index contributed by atoms with van der Waals surface area (Å²) in [6.45, 7) is 8.72. The van der Waals surface area contributed by atoms with Crippen LogP contribution >= 0.6 is 15.9 Å². The van der Waals surface area contributed by atoms with Crippen molar-refractivity contribution in [3.63, 3.8) is 0 Å². The van der Waals surface area contributed by atoms with E-state index in [2.05, 4.69) is 47.2 Å². The Morgan fingerprint density at radius 1 is 1.38 bits per heavy atom. The number of rotatable bonds is 9. The first-order valence-corrected chi connectivity index (χ1v) is 11.1.